The fraction of sp³-hybridized carbons (Fsp3) is 0.353. The van der Waals surface area contributed by atoms with E-state index in [-0.39, 0.29) is 38.4 Å². The summed E-state index contributed by atoms with van der Waals surface area (Å²) >= 11 is 1.56. The number of hydrogen-bond acceptors (Lipinski definition) is 9. The fourth-order valence-corrected chi connectivity index (χ4v) is 6.52. The Bertz CT molecular complexity index is 1800. The molecule has 10 nitrogen and oxygen atoms in total. The monoisotopic (exact) mass is 643 g/mol. The van der Waals surface area contributed by atoms with Gasteiger partial charge in [0.25, 0.3) is 5.91 Å². The highest BCUT2D eigenvalue weighted by Gasteiger charge is 2.28. The Morgan fingerprint density at radius 2 is 2.00 bits per heavy atom. The number of alkyl carbamates (subject to hydrolysis) is 1. The summed E-state index contributed by atoms with van der Waals surface area (Å²) in [6, 6.07) is 12.9. The Hall–Kier alpha value is -4.57. The average molecular weight is 644 g/mol. The predicted octanol–water partition coefficient (Wildman–Crippen LogP) is 4.56. The Labute approximate surface area is 270 Å². The first-order valence-corrected chi connectivity index (χ1v) is 16.1. The number of nitrogens with one attached hydrogen (secondary N) is 2. The number of rotatable bonds is 10. The molecular weight excluding hydrogens is 609 g/mol. The van der Waals surface area contributed by atoms with Gasteiger partial charge in [0, 0.05) is 48.6 Å². The van der Waals surface area contributed by atoms with Crippen LogP contribution in [0.2, 0.25) is 0 Å². The van der Waals surface area contributed by atoms with Crippen LogP contribution in [0.4, 0.5) is 9.18 Å². The minimum atomic E-state index is -0.568. The summed E-state index contributed by atoms with van der Waals surface area (Å²) in [7, 11) is 0. The van der Waals surface area contributed by atoms with Crippen LogP contribution in [-0.2, 0) is 27.2 Å². The van der Waals surface area contributed by atoms with E-state index in [0.717, 1.165) is 40.9 Å². The summed E-state index contributed by atoms with van der Waals surface area (Å²) < 4.78 is 32.2. The summed E-state index contributed by atoms with van der Waals surface area (Å²) in [6.07, 6.45) is 0.612. The summed E-state index contributed by atoms with van der Waals surface area (Å²) in [5.74, 6) is 4.73. The number of carbonyl (C=O) groups is 2. The number of benzene rings is 2. The number of halogens is 1. The van der Waals surface area contributed by atoms with Gasteiger partial charge in [-0.2, -0.15) is 0 Å². The predicted molar refractivity (Wildman–Crippen MR) is 173 cm³/mol. The van der Waals surface area contributed by atoms with Gasteiger partial charge in [-0.25, -0.2) is 9.18 Å². The Kier molecular flexibility index (Phi) is 10.0. The maximum Gasteiger partial charge on any atom is 0.407 e. The van der Waals surface area contributed by atoms with Crippen LogP contribution in [-0.4, -0.2) is 79.2 Å². The lowest BCUT2D eigenvalue weighted by Crippen LogP contribution is -2.34. The van der Waals surface area contributed by atoms with Gasteiger partial charge in [-0.1, -0.05) is 18.1 Å². The van der Waals surface area contributed by atoms with E-state index < -0.39 is 11.9 Å². The van der Waals surface area contributed by atoms with E-state index >= 15 is 0 Å². The molecule has 1 fully saturated rings. The number of ether oxygens (including phenoxy) is 3. The van der Waals surface area contributed by atoms with Gasteiger partial charge in [0.1, 0.15) is 35.7 Å². The van der Waals surface area contributed by atoms with Crippen LogP contribution in [0.15, 0.2) is 47.8 Å². The Morgan fingerprint density at radius 1 is 1.11 bits per heavy atom. The van der Waals surface area contributed by atoms with Crippen molar-refractivity contribution < 1.29 is 28.2 Å². The molecule has 46 heavy (non-hydrogen) atoms. The van der Waals surface area contributed by atoms with E-state index in [4.69, 9.17) is 14.2 Å². The van der Waals surface area contributed by atoms with Gasteiger partial charge in [0.15, 0.2) is 0 Å². The molecule has 2 amide bonds. The zero-order chi connectivity index (χ0) is 31.9. The van der Waals surface area contributed by atoms with Crippen molar-refractivity contribution in [3.63, 3.8) is 0 Å². The normalized spacial score (nSPS) is 15.6. The second-order valence-electron chi connectivity index (χ2n) is 10.9. The minimum Gasteiger partial charge on any atom is -0.490 e. The van der Waals surface area contributed by atoms with E-state index in [9.17, 15) is 14.0 Å². The second-order valence-corrected chi connectivity index (χ2v) is 11.9. The molecular formula is C34H34FN5O5S. The molecule has 4 aromatic rings. The van der Waals surface area contributed by atoms with Gasteiger partial charge < -0.3 is 29.7 Å². The molecule has 12 heteroatoms. The maximum atomic E-state index is 14.3. The van der Waals surface area contributed by atoms with Crippen LogP contribution in [0.1, 0.15) is 24.5 Å². The number of nitrogens with zero attached hydrogens (tertiary/aromatic N) is 3. The molecule has 0 saturated carbocycles. The minimum absolute atomic E-state index is 0.163. The van der Waals surface area contributed by atoms with Gasteiger partial charge in [-0.3, -0.25) is 4.79 Å². The standard InChI is InChI=1S/C34H34FN5O5S/c1-2-3-30(41)40-13-9-26(21-40)45-34(42)37-12-14-43-15-16-44-29-19-25(35)6-7-27(29)32-33-28(10-17-46-33)31(38-39-32)23-4-5-24-20-36-11-8-22(24)18-23/h4-7,10,17-19,26,36H,8-9,11-16,20-21H2,1H3,(H,37,42). The lowest BCUT2D eigenvalue weighted by atomic mass is 9.96. The van der Waals surface area contributed by atoms with Crippen molar-refractivity contribution in [2.24, 2.45) is 0 Å². The third-order valence-corrected chi connectivity index (χ3v) is 8.81. The van der Waals surface area contributed by atoms with Gasteiger partial charge in [-0.15, -0.1) is 21.5 Å². The quantitative estimate of drug-likeness (QED) is 0.191. The molecule has 0 radical (unpaired) electrons. The topological polar surface area (TPSA) is 115 Å². The van der Waals surface area contributed by atoms with Crippen LogP contribution in [0.25, 0.3) is 32.6 Å². The number of carbonyl (C=O) groups excluding carboxylic acids is 2. The van der Waals surface area contributed by atoms with E-state index in [0.29, 0.717) is 36.5 Å². The molecule has 1 atom stereocenters. The first-order valence-electron chi connectivity index (χ1n) is 15.2. The first kappa shape index (κ1) is 31.4. The molecule has 0 aliphatic carbocycles. The van der Waals surface area contributed by atoms with Crippen LogP contribution in [0.5, 0.6) is 5.75 Å². The highest BCUT2D eigenvalue weighted by molar-refractivity contribution is 7.17. The second kappa shape index (κ2) is 14.7. The summed E-state index contributed by atoms with van der Waals surface area (Å²) in [5.41, 5.74) is 5.75. The highest BCUT2D eigenvalue weighted by atomic mass is 32.1. The number of aromatic nitrogens is 2. The molecule has 2 aliphatic heterocycles. The molecule has 0 bridgehead atoms. The molecule has 0 spiro atoms. The molecule has 2 aliphatic rings. The number of likely N-dealkylation sites (tertiary alicyclic amines) is 1. The number of thiophene rings is 1. The van der Waals surface area contributed by atoms with Gasteiger partial charge in [-0.05, 0) is 66.6 Å². The summed E-state index contributed by atoms with van der Waals surface area (Å²) in [5, 5.41) is 18.3. The summed E-state index contributed by atoms with van der Waals surface area (Å²) in [4.78, 5) is 25.5. The van der Waals surface area contributed by atoms with Crippen LogP contribution >= 0.6 is 11.3 Å². The Morgan fingerprint density at radius 3 is 2.89 bits per heavy atom. The van der Waals surface area contributed by atoms with Crippen molar-refractivity contribution in [3.05, 3.63) is 64.8 Å². The van der Waals surface area contributed by atoms with E-state index in [1.165, 1.54) is 23.3 Å². The molecule has 238 valence electrons. The maximum absolute atomic E-state index is 14.3. The molecule has 1 saturated heterocycles. The largest absolute Gasteiger partial charge is 0.490 e. The van der Waals surface area contributed by atoms with Crippen molar-refractivity contribution >= 4 is 33.4 Å². The number of amides is 2. The van der Waals surface area contributed by atoms with E-state index in [1.807, 2.05) is 11.4 Å². The van der Waals surface area contributed by atoms with Crippen LogP contribution in [0.3, 0.4) is 0 Å². The zero-order valence-corrected chi connectivity index (χ0v) is 26.3. The van der Waals surface area contributed by atoms with Crippen molar-refractivity contribution in [2.75, 3.05) is 46.0 Å². The van der Waals surface area contributed by atoms with Crippen LogP contribution < -0.4 is 15.4 Å². The van der Waals surface area contributed by atoms with Gasteiger partial charge >= 0.3 is 6.09 Å². The Balaban J connectivity index is 1.02. The van der Waals surface area contributed by atoms with Crippen molar-refractivity contribution in [3.8, 4) is 40.1 Å². The van der Waals surface area contributed by atoms with Gasteiger partial charge in [0.05, 0.1) is 24.5 Å². The average Bonchev–Trinajstić information content (AvgIpc) is 3.75. The zero-order valence-electron chi connectivity index (χ0n) is 25.4. The highest BCUT2D eigenvalue weighted by Crippen LogP contribution is 2.39. The van der Waals surface area contributed by atoms with Crippen LogP contribution in [0, 0.1) is 17.7 Å². The van der Waals surface area contributed by atoms with Crippen molar-refractivity contribution in [1.29, 1.82) is 0 Å². The van der Waals surface area contributed by atoms with Gasteiger partial charge in [0.2, 0.25) is 0 Å². The van der Waals surface area contributed by atoms with Crippen molar-refractivity contribution in [2.45, 2.75) is 32.4 Å². The molecule has 1 unspecified atom stereocenters. The number of hydrogen-bond donors (Lipinski definition) is 2. The molecule has 2 aromatic carbocycles. The first-order chi connectivity index (χ1) is 22.5. The smallest absolute Gasteiger partial charge is 0.407 e. The summed E-state index contributed by atoms with van der Waals surface area (Å²) in [6.45, 7) is 5.13. The molecule has 2 aromatic heterocycles. The van der Waals surface area contributed by atoms with Crippen molar-refractivity contribution in [1.82, 2.24) is 25.7 Å². The molecule has 2 N–H and O–H groups in total. The SMILES string of the molecule is CC#CC(=O)N1CCC(OC(=O)NCCOCCOc2cc(F)ccc2-c2nnc(-c3ccc4c(c3)CCNC4)c3ccsc23)C1. The number of fused-ring (bicyclic) bond motifs is 2. The van der Waals surface area contributed by atoms with E-state index in [2.05, 4.69) is 50.9 Å². The third kappa shape index (κ3) is 7.28. The van der Waals surface area contributed by atoms with E-state index in [1.54, 1.807) is 29.2 Å². The lowest BCUT2D eigenvalue weighted by molar-refractivity contribution is -0.124. The third-order valence-electron chi connectivity index (χ3n) is 7.89. The molecule has 4 heterocycles. The molecule has 6 rings (SSSR count). The lowest BCUT2D eigenvalue weighted by Gasteiger charge is -2.18. The fourth-order valence-electron chi connectivity index (χ4n) is 5.63.